The van der Waals surface area contributed by atoms with E-state index in [9.17, 15) is 4.39 Å². The van der Waals surface area contributed by atoms with Crippen LogP contribution in [-0.2, 0) is 6.54 Å². The van der Waals surface area contributed by atoms with Crippen molar-refractivity contribution < 1.29 is 9.13 Å². The third-order valence-electron chi connectivity index (χ3n) is 3.40. The summed E-state index contributed by atoms with van der Waals surface area (Å²) >= 11 is 0. The van der Waals surface area contributed by atoms with Crippen LogP contribution in [0.3, 0.4) is 0 Å². The minimum Gasteiger partial charge on any atom is -0.496 e. The first-order chi connectivity index (χ1) is 8.81. The number of hydrogen-bond donors (Lipinski definition) is 1. The summed E-state index contributed by atoms with van der Waals surface area (Å²) in [7, 11) is 1.65. The minimum atomic E-state index is -0.141. The Labute approximate surface area is 105 Å². The summed E-state index contributed by atoms with van der Waals surface area (Å²) in [6.07, 6.45) is 0. The van der Waals surface area contributed by atoms with Crippen LogP contribution in [0.25, 0.3) is 0 Å². The van der Waals surface area contributed by atoms with Crippen molar-refractivity contribution in [2.75, 3.05) is 7.11 Å². The number of rotatable bonds is 2. The van der Waals surface area contributed by atoms with Crippen LogP contribution in [0, 0.1) is 5.82 Å². The topological polar surface area (TPSA) is 21.3 Å². The second-order valence-corrected chi connectivity index (χ2v) is 4.36. The quantitative estimate of drug-likeness (QED) is 0.875. The smallest absolute Gasteiger partial charge is 0.128 e. The molecule has 1 heterocycles. The molecular weight excluding hydrogens is 229 g/mol. The van der Waals surface area contributed by atoms with Gasteiger partial charge in [0.15, 0.2) is 0 Å². The molecule has 2 nitrogen and oxygen atoms in total. The van der Waals surface area contributed by atoms with Gasteiger partial charge >= 0.3 is 0 Å². The average Bonchev–Trinajstić information content (AvgIpc) is 2.84. The standard InChI is InChI=1S/C15H14FNO/c1-18-14-8-3-2-5-11(14)15-10-6-4-7-13(16)12(10)9-17-15/h2-8,15,17H,9H2,1H3. The molecule has 0 radical (unpaired) electrons. The molecule has 1 aliphatic rings. The fraction of sp³-hybridized carbons (Fsp3) is 0.200. The van der Waals surface area contributed by atoms with E-state index in [2.05, 4.69) is 5.32 Å². The molecule has 1 N–H and O–H groups in total. The van der Waals surface area contributed by atoms with E-state index in [1.54, 1.807) is 13.2 Å². The van der Waals surface area contributed by atoms with Crippen molar-refractivity contribution in [3.63, 3.8) is 0 Å². The first-order valence-electron chi connectivity index (χ1n) is 5.95. The number of methoxy groups -OCH3 is 1. The molecule has 0 aromatic heterocycles. The molecule has 3 rings (SSSR count). The van der Waals surface area contributed by atoms with Crippen LogP contribution >= 0.6 is 0 Å². The van der Waals surface area contributed by atoms with Crippen LogP contribution in [0.1, 0.15) is 22.7 Å². The molecule has 18 heavy (non-hydrogen) atoms. The van der Waals surface area contributed by atoms with Crippen molar-refractivity contribution in [3.05, 3.63) is 65.0 Å². The van der Waals surface area contributed by atoms with Gasteiger partial charge in [0.1, 0.15) is 11.6 Å². The highest BCUT2D eigenvalue weighted by Crippen LogP contribution is 2.36. The first kappa shape index (κ1) is 11.2. The lowest BCUT2D eigenvalue weighted by atomic mass is 9.97. The maximum atomic E-state index is 13.7. The molecule has 1 unspecified atom stereocenters. The number of para-hydroxylation sites is 1. The Balaban J connectivity index is 2.09. The van der Waals surface area contributed by atoms with Crippen molar-refractivity contribution in [2.45, 2.75) is 12.6 Å². The predicted octanol–water partition coefficient (Wildman–Crippen LogP) is 3.03. The molecule has 2 aromatic carbocycles. The van der Waals surface area contributed by atoms with E-state index in [0.717, 1.165) is 22.4 Å². The lowest BCUT2D eigenvalue weighted by Crippen LogP contribution is -2.14. The first-order valence-corrected chi connectivity index (χ1v) is 5.95. The van der Waals surface area contributed by atoms with Gasteiger partial charge in [-0.3, -0.25) is 0 Å². The fourth-order valence-electron chi connectivity index (χ4n) is 2.53. The van der Waals surface area contributed by atoms with E-state index >= 15 is 0 Å². The van der Waals surface area contributed by atoms with Gasteiger partial charge in [-0.1, -0.05) is 30.3 Å². The van der Waals surface area contributed by atoms with Gasteiger partial charge in [-0.15, -0.1) is 0 Å². The molecule has 0 saturated heterocycles. The van der Waals surface area contributed by atoms with Crippen molar-refractivity contribution in [3.8, 4) is 5.75 Å². The second kappa shape index (κ2) is 4.42. The van der Waals surface area contributed by atoms with Gasteiger partial charge in [0.2, 0.25) is 0 Å². The maximum Gasteiger partial charge on any atom is 0.128 e. The highest BCUT2D eigenvalue weighted by Gasteiger charge is 2.27. The summed E-state index contributed by atoms with van der Waals surface area (Å²) in [5.74, 6) is 0.685. The highest BCUT2D eigenvalue weighted by atomic mass is 19.1. The third kappa shape index (κ3) is 1.68. The summed E-state index contributed by atoms with van der Waals surface area (Å²) in [5, 5.41) is 3.33. The Morgan fingerprint density at radius 1 is 1.11 bits per heavy atom. The van der Waals surface area contributed by atoms with Gasteiger partial charge in [-0.2, -0.15) is 0 Å². The van der Waals surface area contributed by atoms with E-state index in [4.69, 9.17) is 4.74 Å². The molecule has 0 bridgehead atoms. The molecule has 0 fully saturated rings. The zero-order valence-corrected chi connectivity index (χ0v) is 10.1. The van der Waals surface area contributed by atoms with E-state index in [1.807, 2.05) is 30.3 Å². The SMILES string of the molecule is COc1ccccc1C1NCc2c(F)cccc21. The molecular formula is C15H14FNO. The lowest BCUT2D eigenvalue weighted by molar-refractivity contribution is 0.405. The van der Waals surface area contributed by atoms with Crippen LogP contribution < -0.4 is 10.1 Å². The number of halogens is 1. The molecule has 0 saturated carbocycles. The third-order valence-corrected chi connectivity index (χ3v) is 3.40. The highest BCUT2D eigenvalue weighted by molar-refractivity contribution is 5.46. The Morgan fingerprint density at radius 3 is 2.72 bits per heavy atom. The summed E-state index contributed by atoms with van der Waals surface area (Å²) in [5.41, 5.74) is 2.80. The zero-order chi connectivity index (χ0) is 12.5. The molecule has 0 aliphatic carbocycles. The maximum absolute atomic E-state index is 13.7. The fourth-order valence-corrected chi connectivity index (χ4v) is 2.53. The Kier molecular flexibility index (Phi) is 2.76. The van der Waals surface area contributed by atoms with Gasteiger partial charge in [0, 0.05) is 17.7 Å². The Morgan fingerprint density at radius 2 is 1.89 bits per heavy atom. The lowest BCUT2D eigenvalue weighted by Gasteiger charge is -2.16. The number of nitrogens with one attached hydrogen (secondary N) is 1. The molecule has 92 valence electrons. The van der Waals surface area contributed by atoms with Crippen LogP contribution in [0.15, 0.2) is 42.5 Å². The number of fused-ring (bicyclic) bond motifs is 1. The molecule has 3 heteroatoms. The normalized spacial score (nSPS) is 17.6. The average molecular weight is 243 g/mol. The van der Waals surface area contributed by atoms with E-state index in [-0.39, 0.29) is 11.9 Å². The molecule has 2 aromatic rings. The zero-order valence-electron chi connectivity index (χ0n) is 10.1. The van der Waals surface area contributed by atoms with Gasteiger partial charge in [0.25, 0.3) is 0 Å². The van der Waals surface area contributed by atoms with Gasteiger partial charge < -0.3 is 10.1 Å². The summed E-state index contributed by atoms with van der Waals surface area (Å²) in [4.78, 5) is 0. The minimum absolute atomic E-state index is 0.00634. The van der Waals surface area contributed by atoms with E-state index < -0.39 is 0 Å². The number of hydrogen-bond acceptors (Lipinski definition) is 2. The molecule has 0 spiro atoms. The number of ether oxygens (including phenoxy) is 1. The van der Waals surface area contributed by atoms with Crippen LogP contribution in [0.5, 0.6) is 5.75 Å². The largest absolute Gasteiger partial charge is 0.496 e. The van der Waals surface area contributed by atoms with Gasteiger partial charge in [-0.05, 0) is 17.7 Å². The Hall–Kier alpha value is -1.87. The molecule has 1 aliphatic heterocycles. The van der Waals surface area contributed by atoms with Crippen molar-refractivity contribution in [1.29, 1.82) is 0 Å². The van der Waals surface area contributed by atoms with Gasteiger partial charge in [-0.25, -0.2) is 4.39 Å². The Bertz CT molecular complexity index is 582. The second-order valence-electron chi connectivity index (χ2n) is 4.36. The van der Waals surface area contributed by atoms with Crippen molar-refractivity contribution in [2.24, 2.45) is 0 Å². The van der Waals surface area contributed by atoms with Crippen LogP contribution in [0.2, 0.25) is 0 Å². The summed E-state index contributed by atoms with van der Waals surface area (Å²) in [6, 6.07) is 13.1. The van der Waals surface area contributed by atoms with E-state index in [0.29, 0.717) is 6.54 Å². The van der Waals surface area contributed by atoms with Crippen molar-refractivity contribution in [1.82, 2.24) is 5.32 Å². The van der Waals surface area contributed by atoms with E-state index in [1.165, 1.54) is 6.07 Å². The molecule has 0 amide bonds. The van der Waals surface area contributed by atoms with Crippen LogP contribution in [0.4, 0.5) is 4.39 Å². The summed E-state index contributed by atoms with van der Waals surface area (Å²) < 4.78 is 19.1. The van der Waals surface area contributed by atoms with Gasteiger partial charge in [0.05, 0.1) is 13.2 Å². The number of benzene rings is 2. The molecule has 1 atom stereocenters. The summed E-state index contributed by atoms with van der Waals surface area (Å²) in [6.45, 7) is 0.560. The predicted molar refractivity (Wildman–Crippen MR) is 68.1 cm³/mol. The van der Waals surface area contributed by atoms with Crippen LogP contribution in [-0.4, -0.2) is 7.11 Å². The van der Waals surface area contributed by atoms with Crippen molar-refractivity contribution >= 4 is 0 Å². The monoisotopic (exact) mass is 243 g/mol.